The van der Waals surface area contributed by atoms with Crippen molar-refractivity contribution in [2.75, 3.05) is 6.54 Å². The number of carbonyl (C=O) groups excluding carboxylic acids is 3. The standard InChI is InChI=1S/C23H24FN3O8/c1-2-26-16-11-4-7-3-8-13(17(28)10-6-27(35)5-9(10)15(8)24)18(29)12(7)20(31)23(11,34)21(32)14(19(16)30)22(25)33/h7,11,16,26,28-29,32,34-35H,2-6H2,1H3,(H2,25,33)/t7-,11-,16-,23-/m0/s1. The monoisotopic (exact) mass is 489 g/mol. The van der Waals surface area contributed by atoms with Crippen LogP contribution in [0.25, 0.3) is 5.76 Å². The maximum absolute atomic E-state index is 15.4. The largest absolute Gasteiger partial charge is 0.508 e. The first-order valence-electron chi connectivity index (χ1n) is 11.2. The zero-order valence-electron chi connectivity index (χ0n) is 18.6. The highest BCUT2D eigenvalue weighted by Gasteiger charge is 2.63. The highest BCUT2D eigenvalue weighted by Crippen LogP contribution is 2.53. The molecule has 1 amide bonds. The topological polar surface area (TPSA) is 194 Å². The van der Waals surface area contributed by atoms with E-state index in [0.717, 1.165) is 5.06 Å². The third kappa shape index (κ3) is 2.88. The number of phenolic OH excluding ortho intramolecular Hbond substituents is 1. The summed E-state index contributed by atoms with van der Waals surface area (Å²) >= 11 is 0. The highest BCUT2D eigenvalue weighted by atomic mass is 19.1. The fraction of sp³-hybridized carbons (Fsp3) is 0.435. The number of Topliss-reactive ketones (excluding diaryl/α,β-unsaturated/α-hetero) is 2. The van der Waals surface area contributed by atoms with Gasteiger partial charge in [-0.05, 0) is 25.3 Å². The third-order valence-electron chi connectivity index (χ3n) is 7.62. The number of aliphatic hydroxyl groups is 3. The Morgan fingerprint density at radius 1 is 1.20 bits per heavy atom. The zero-order valence-corrected chi connectivity index (χ0v) is 18.6. The molecule has 0 aromatic heterocycles. The number of aromatic hydroxyl groups is 1. The molecule has 1 aliphatic heterocycles. The summed E-state index contributed by atoms with van der Waals surface area (Å²) in [4.78, 5) is 38.6. The number of rotatable bonds is 3. The number of amides is 1. The molecule has 1 saturated carbocycles. The van der Waals surface area contributed by atoms with E-state index in [1.165, 1.54) is 0 Å². The van der Waals surface area contributed by atoms with Gasteiger partial charge in [-0.1, -0.05) is 6.92 Å². The number of aliphatic hydroxyl groups excluding tert-OH is 2. The molecular weight excluding hydrogens is 465 g/mol. The predicted molar refractivity (Wildman–Crippen MR) is 115 cm³/mol. The van der Waals surface area contributed by atoms with E-state index in [1.54, 1.807) is 6.92 Å². The number of hydrogen-bond acceptors (Lipinski definition) is 10. The minimum atomic E-state index is -2.75. The quantitative estimate of drug-likeness (QED) is 0.281. The number of halogens is 1. The van der Waals surface area contributed by atoms with Crippen LogP contribution in [-0.2, 0) is 33.9 Å². The molecule has 0 bridgehead atoms. The number of primary amides is 1. The number of benzene rings is 1. The Kier molecular flexibility index (Phi) is 5.08. The number of hydrogen-bond donors (Lipinski definition) is 7. The summed E-state index contributed by atoms with van der Waals surface area (Å²) in [6, 6.07) is -1.25. The summed E-state index contributed by atoms with van der Waals surface area (Å²) < 4.78 is 15.4. The molecule has 3 aliphatic carbocycles. The van der Waals surface area contributed by atoms with Gasteiger partial charge in [-0.2, -0.15) is 5.06 Å². The number of phenols is 1. The molecule has 1 heterocycles. The fourth-order valence-electron chi connectivity index (χ4n) is 6.08. The highest BCUT2D eigenvalue weighted by molar-refractivity contribution is 6.24. The Bertz CT molecular complexity index is 1290. The van der Waals surface area contributed by atoms with Crippen LogP contribution in [0, 0.1) is 17.7 Å². The number of carbonyl (C=O) groups is 3. The third-order valence-corrected chi connectivity index (χ3v) is 7.62. The maximum atomic E-state index is 15.4. The van der Waals surface area contributed by atoms with E-state index in [9.17, 15) is 40.0 Å². The van der Waals surface area contributed by atoms with E-state index in [-0.39, 0.29) is 60.3 Å². The molecule has 35 heavy (non-hydrogen) atoms. The lowest BCUT2D eigenvalue weighted by Gasteiger charge is -2.49. The van der Waals surface area contributed by atoms with E-state index in [4.69, 9.17) is 5.73 Å². The summed E-state index contributed by atoms with van der Waals surface area (Å²) in [6.07, 6.45) is -0.282. The zero-order chi connectivity index (χ0) is 25.6. The molecule has 186 valence electrons. The number of fused-ring (bicyclic) bond motifs is 4. The minimum Gasteiger partial charge on any atom is -0.508 e. The van der Waals surface area contributed by atoms with Gasteiger partial charge in [0.05, 0.1) is 24.7 Å². The van der Waals surface area contributed by atoms with Crippen LogP contribution in [0.15, 0.2) is 16.9 Å². The molecule has 1 fully saturated rings. The van der Waals surface area contributed by atoms with Gasteiger partial charge in [-0.3, -0.25) is 14.4 Å². The van der Waals surface area contributed by atoms with Crippen molar-refractivity contribution in [1.29, 1.82) is 0 Å². The van der Waals surface area contributed by atoms with Crippen LogP contribution in [-0.4, -0.2) is 66.4 Å². The second kappa shape index (κ2) is 7.59. The number of nitrogens with one attached hydrogen (secondary N) is 1. The minimum absolute atomic E-state index is 0.0548. The lowest BCUT2D eigenvalue weighted by atomic mass is 9.57. The van der Waals surface area contributed by atoms with Gasteiger partial charge in [0.1, 0.15) is 28.7 Å². The lowest BCUT2D eigenvalue weighted by molar-refractivity contribution is -0.150. The van der Waals surface area contributed by atoms with E-state index >= 15 is 4.39 Å². The molecule has 11 nitrogen and oxygen atoms in total. The molecule has 5 rings (SSSR count). The first-order chi connectivity index (χ1) is 16.4. The molecule has 4 aliphatic rings. The maximum Gasteiger partial charge on any atom is 0.255 e. The Morgan fingerprint density at radius 2 is 1.86 bits per heavy atom. The molecule has 0 saturated heterocycles. The summed E-state index contributed by atoms with van der Waals surface area (Å²) in [7, 11) is 0. The Hall–Kier alpha value is -3.32. The second-order valence-electron chi connectivity index (χ2n) is 9.38. The van der Waals surface area contributed by atoms with Gasteiger partial charge in [-0.15, -0.1) is 0 Å². The molecule has 1 aromatic carbocycles. The predicted octanol–water partition coefficient (Wildman–Crippen LogP) is -0.144. The van der Waals surface area contributed by atoms with Gasteiger partial charge in [0.15, 0.2) is 11.4 Å². The van der Waals surface area contributed by atoms with Crippen LogP contribution in [0.5, 0.6) is 5.75 Å². The average Bonchev–Trinajstić information content (AvgIpc) is 3.19. The van der Waals surface area contributed by atoms with Crippen LogP contribution in [0.3, 0.4) is 0 Å². The number of nitrogens with two attached hydrogens (primary N) is 1. The van der Waals surface area contributed by atoms with Crippen LogP contribution in [0.4, 0.5) is 4.39 Å². The van der Waals surface area contributed by atoms with Crippen molar-refractivity contribution in [1.82, 2.24) is 10.4 Å². The number of nitrogens with zero attached hydrogens (tertiary/aromatic N) is 1. The first-order valence-corrected chi connectivity index (χ1v) is 11.2. The van der Waals surface area contributed by atoms with Crippen molar-refractivity contribution in [2.24, 2.45) is 17.6 Å². The van der Waals surface area contributed by atoms with Crippen LogP contribution in [0.2, 0.25) is 0 Å². The lowest BCUT2D eigenvalue weighted by Crippen LogP contribution is -2.66. The van der Waals surface area contributed by atoms with Crippen molar-refractivity contribution in [3.63, 3.8) is 0 Å². The van der Waals surface area contributed by atoms with E-state index in [1.807, 2.05) is 0 Å². The molecule has 1 aromatic rings. The van der Waals surface area contributed by atoms with E-state index in [0.29, 0.717) is 0 Å². The van der Waals surface area contributed by atoms with Crippen molar-refractivity contribution in [3.8, 4) is 5.75 Å². The van der Waals surface area contributed by atoms with Crippen LogP contribution < -0.4 is 11.1 Å². The van der Waals surface area contributed by atoms with E-state index < -0.39 is 69.6 Å². The van der Waals surface area contributed by atoms with E-state index in [2.05, 4.69) is 5.32 Å². The molecule has 0 spiro atoms. The Balaban J connectivity index is 1.73. The first kappa shape index (κ1) is 23.4. The van der Waals surface area contributed by atoms with Gasteiger partial charge < -0.3 is 36.7 Å². The number of hydroxylamine groups is 2. The summed E-state index contributed by atoms with van der Waals surface area (Å²) in [5.74, 6) is -8.67. The van der Waals surface area contributed by atoms with Gasteiger partial charge >= 0.3 is 0 Å². The Morgan fingerprint density at radius 3 is 2.49 bits per heavy atom. The molecule has 0 unspecified atom stereocenters. The second-order valence-corrected chi connectivity index (χ2v) is 9.38. The molecule has 12 heteroatoms. The molecule has 4 atom stereocenters. The van der Waals surface area contributed by atoms with Gasteiger partial charge in [0.25, 0.3) is 5.91 Å². The van der Waals surface area contributed by atoms with Gasteiger partial charge in [0.2, 0.25) is 5.78 Å². The van der Waals surface area contributed by atoms with Gasteiger partial charge in [-0.25, -0.2) is 4.39 Å². The van der Waals surface area contributed by atoms with Crippen molar-refractivity contribution in [2.45, 2.75) is 44.5 Å². The number of ketones is 2. The Labute approximate surface area is 197 Å². The number of likely N-dealkylation sites (N-methyl/N-ethyl adjacent to an activating group) is 1. The van der Waals surface area contributed by atoms with Gasteiger partial charge in [0, 0.05) is 28.2 Å². The fourth-order valence-corrected chi connectivity index (χ4v) is 6.08. The van der Waals surface area contributed by atoms with Crippen molar-refractivity contribution >= 4 is 23.2 Å². The average molecular weight is 489 g/mol. The normalized spacial score (nSPS) is 30.2. The van der Waals surface area contributed by atoms with Crippen LogP contribution in [0.1, 0.15) is 35.6 Å². The van der Waals surface area contributed by atoms with Crippen molar-refractivity contribution in [3.05, 3.63) is 45.0 Å². The molecular formula is C23H24FN3O8. The summed E-state index contributed by atoms with van der Waals surface area (Å²) in [5, 5.41) is 57.6. The summed E-state index contributed by atoms with van der Waals surface area (Å²) in [5.41, 5.74) is 0.995. The molecule has 0 radical (unpaired) electrons. The summed E-state index contributed by atoms with van der Waals surface area (Å²) in [6.45, 7) is 1.51. The molecule has 8 N–H and O–H groups in total. The SMILES string of the molecule is CCN[C@@H]1C(=O)C(C(N)=O)=C(O)[C@@]2(O)C(=O)C3=C(O)c4c(O)c5c(c(F)c4C[C@H]3C[C@@H]12)CN(O)C5. The van der Waals surface area contributed by atoms with Crippen molar-refractivity contribution < 1.29 is 44.4 Å². The smallest absolute Gasteiger partial charge is 0.255 e. The van der Waals surface area contributed by atoms with Crippen LogP contribution >= 0.6 is 0 Å².